The zero-order valence-electron chi connectivity index (χ0n) is 68.7. The van der Waals surface area contributed by atoms with E-state index in [0.29, 0.717) is 31.5 Å². The molecule has 2 aliphatic rings. The van der Waals surface area contributed by atoms with Crippen LogP contribution in [0.4, 0.5) is 0 Å². The zero-order valence-corrected chi connectivity index (χ0v) is 68.7. The molecular formula is C80H136N14O15. The lowest BCUT2D eigenvalue weighted by Crippen LogP contribution is -2.64. The maximum atomic E-state index is 15.1. The first-order valence-electron chi connectivity index (χ1n) is 40.1. The number of hydrogen-bond acceptors (Lipinski definition) is 17. The Morgan fingerprint density at radius 2 is 1.16 bits per heavy atom. The van der Waals surface area contributed by atoms with Crippen molar-refractivity contribution >= 4 is 76.9 Å². The van der Waals surface area contributed by atoms with Gasteiger partial charge in [-0.25, -0.2) is 4.79 Å². The summed E-state index contributed by atoms with van der Waals surface area (Å²) in [5.41, 5.74) is 6.38. The van der Waals surface area contributed by atoms with E-state index in [1.165, 1.54) is 31.7 Å². The number of likely N-dealkylation sites (tertiary alicyclic amines) is 1. The largest absolute Gasteiger partial charge is 0.458 e. The van der Waals surface area contributed by atoms with Crippen LogP contribution in [0.25, 0.3) is 0 Å². The third kappa shape index (κ3) is 29.6. The van der Waals surface area contributed by atoms with E-state index in [0.717, 1.165) is 51.4 Å². The number of hydrogen-bond donors (Lipinski definition) is 13. The molecule has 0 unspecified atom stereocenters. The molecule has 0 spiro atoms. The summed E-state index contributed by atoms with van der Waals surface area (Å²) in [7, 11) is 0. The van der Waals surface area contributed by atoms with Crippen molar-refractivity contribution in [3.8, 4) is 0 Å². The van der Waals surface area contributed by atoms with Gasteiger partial charge in [-0.05, 0) is 126 Å². The highest BCUT2D eigenvalue weighted by molar-refractivity contribution is 6.03. The molecule has 2 aliphatic heterocycles. The molecular weight excluding hydrogens is 1400 g/mol. The van der Waals surface area contributed by atoms with Crippen molar-refractivity contribution in [2.75, 3.05) is 26.2 Å². The van der Waals surface area contributed by atoms with Gasteiger partial charge < -0.3 is 79.0 Å². The molecule has 2 heterocycles. The average molecular weight is 1530 g/mol. The van der Waals surface area contributed by atoms with Crippen molar-refractivity contribution < 1.29 is 72.2 Å². The first-order valence-corrected chi connectivity index (χ1v) is 40.1. The molecule has 14 N–H and O–H groups in total. The van der Waals surface area contributed by atoms with Crippen LogP contribution in [0.15, 0.2) is 42.1 Å². The molecule has 616 valence electrons. The van der Waals surface area contributed by atoms with Crippen LogP contribution in [-0.4, -0.2) is 203 Å². The van der Waals surface area contributed by atoms with Crippen LogP contribution in [0.2, 0.25) is 0 Å². The van der Waals surface area contributed by atoms with Gasteiger partial charge in [0.1, 0.15) is 78.3 Å². The Kier molecular flexibility index (Phi) is 41.8. The number of carbonyl (C=O) groups excluding carboxylic acids is 13. The number of benzene rings is 1. The topological polar surface area (TPSA) is 416 Å². The fourth-order valence-corrected chi connectivity index (χ4v) is 13.4. The summed E-state index contributed by atoms with van der Waals surface area (Å²) in [5.74, 6) is -14.2. The van der Waals surface area contributed by atoms with Gasteiger partial charge in [-0.3, -0.25) is 62.4 Å². The monoisotopic (exact) mass is 1530 g/mol. The number of amides is 12. The molecule has 1 aromatic carbocycles. The van der Waals surface area contributed by atoms with E-state index in [4.69, 9.17) is 10.5 Å². The predicted molar refractivity (Wildman–Crippen MR) is 418 cm³/mol. The van der Waals surface area contributed by atoms with Gasteiger partial charge in [-0.15, -0.1) is 0 Å². The molecule has 2 fully saturated rings. The number of nitrogens with zero attached hydrogens (tertiary/aromatic N) is 2. The van der Waals surface area contributed by atoms with Gasteiger partial charge in [-0.1, -0.05) is 199 Å². The van der Waals surface area contributed by atoms with Crippen molar-refractivity contribution in [1.29, 1.82) is 0 Å². The van der Waals surface area contributed by atoms with E-state index in [1.807, 2.05) is 13.8 Å². The molecule has 2 saturated heterocycles. The van der Waals surface area contributed by atoms with E-state index in [2.05, 4.69) is 77.2 Å². The van der Waals surface area contributed by atoms with Crippen molar-refractivity contribution in [3.05, 3.63) is 47.7 Å². The minimum Gasteiger partial charge on any atom is -0.458 e. The number of esters is 1. The van der Waals surface area contributed by atoms with E-state index in [1.54, 1.807) is 113 Å². The number of ether oxygens (including phenoxy) is 1. The van der Waals surface area contributed by atoms with E-state index < -0.39 is 197 Å². The Morgan fingerprint density at radius 3 is 1.68 bits per heavy atom. The minimum absolute atomic E-state index is 0.0305. The number of aliphatic hydroxyl groups is 1. The highest BCUT2D eigenvalue weighted by Crippen LogP contribution is 2.24. The first kappa shape index (κ1) is 95.2. The van der Waals surface area contributed by atoms with Crippen LogP contribution in [-0.2, 0) is 73.5 Å². The Labute approximate surface area is 648 Å². The van der Waals surface area contributed by atoms with Crippen molar-refractivity contribution in [1.82, 2.24) is 68.3 Å². The molecule has 3 rings (SSSR count). The molecule has 29 heteroatoms. The summed E-state index contributed by atoms with van der Waals surface area (Å²) in [6.45, 7) is 34.2. The van der Waals surface area contributed by atoms with Crippen molar-refractivity contribution in [2.24, 2.45) is 47.2 Å². The molecule has 0 radical (unpaired) electrons. The summed E-state index contributed by atoms with van der Waals surface area (Å²) in [6, 6.07) is -6.89. The number of rotatable bonds is 39. The smallest absolute Gasteiger partial charge is 0.329 e. The normalized spacial score (nSPS) is 22.2. The van der Waals surface area contributed by atoms with Crippen LogP contribution in [0.3, 0.4) is 0 Å². The molecule has 109 heavy (non-hydrogen) atoms. The average Bonchev–Trinajstić information content (AvgIpc) is 1.79. The van der Waals surface area contributed by atoms with Crippen LogP contribution >= 0.6 is 0 Å². The van der Waals surface area contributed by atoms with E-state index in [9.17, 15) is 57.8 Å². The second-order valence-corrected chi connectivity index (χ2v) is 31.5. The summed E-state index contributed by atoms with van der Waals surface area (Å²) < 4.78 is 5.98. The third-order valence-corrected chi connectivity index (χ3v) is 20.7. The molecule has 0 aliphatic carbocycles. The van der Waals surface area contributed by atoms with Gasteiger partial charge in [0, 0.05) is 13.0 Å². The number of carbonyl (C=O) groups is 13. The van der Waals surface area contributed by atoms with Gasteiger partial charge in [0.25, 0.3) is 5.91 Å². The predicted octanol–water partition coefficient (Wildman–Crippen LogP) is 4.36. The Morgan fingerprint density at radius 1 is 0.606 bits per heavy atom. The highest BCUT2D eigenvalue weighted by atomic mass is 16.5. The van der Waals surface area contributed by atoms with Gasteiger partial charge >= 0.3 is 5.97 Å². The van der Waals surface area contributed by atoms with E-state index >= 15 is 9.59 Å². The lowest BCUT2D eigenvalue weighted by atomic mass is 9.95. The molecule has 0 bridgehead atoms. The number of cyclic esters (lactones) is 1. The highest BCUT2D eigenvalue weighted by Gasteiger charge is 2.45. The maximum Gasteiger partial charge on any atom is 0.329 e. The second kappa shape index (κ2) is 47.9. The quantitative estimate of drug-likeness (QED) is 0.0247. The Hall–Kier alpha value is -8.05. The van der Waals surface area contributed by atoms with E-state index in [-0.39, 0.29) is 56.8 Å². The maximum absolute atomic E-state index is 15.1. The molecule has 16 atom stereocenters. The summed E-state index contributed by atoms with van der Waals surface area (Å²) in [4.78, 5) is 193. The molecule has 0 saturated carbocycles. The lowest BCUT2D eigenvalue weighted by molar-refractivity contribution is -0.157. The standard InChI is InChI=1S/C80H136N14O15/c1-20-25-27-32-41-93(42-33-28-26-21-2)67(49(14)15)78(106)91-65(52(18)95)76(104)86-60(46(8)9)73(101)87-61(47(10)11)79(107)94-43-35-39-58(94)71(99)83-56(38-34-40-81)69(97)89-63(50(16)22-3)75(103)92-66-53(19)109-80(108)62(48(12)13)88-68(96)55(24-5)82-70(98)57(44-54-36-30-29-31-37-54)84-72(100)59(45(6)7)85-74(102)64(51(17)23-4)90-77(66)105/h24,29-31,36-37,45-53,56-67,95H,20-23,25-28,32-35,38-44,81H2,1-19H3,(H,82,98)(H,83,99)(H,84,100)(H,85,102)(H,86,104)(H,87,101)(H,88,96)(H,89,97)(H,90,105)(H,91,106)(H,92,103)/b55-24-/t50-,51-,52-,53+,56+,57+,58-,59-,60+,61-,62+,63-,64-,65+,66-,67-/m1/s1. The Bertz CT molecular complexity index is 3150. The Balaban J connectivity index is 2.00. The van der Waals surface area contributed by atoms with Gasteiger partial charge in [0.2, 0.25) is 65.0 Å². The van der Waals surface area contributed by atoms with Gasteiger partial charge in [0.15, 0.2) is 0 Å². The molecule has 0 aromatic heterocycles. The van der Waals surface area contributed by atoms with Gasteiger partial charge in [-0.2, -0.15) is 0 Å². The van der Waals surface area contributed by atoms with Crippen LogP contribution in [0, 0.1) is 41.4 Å². The number of nitrogens with one attached hydrogen (secondary N) is 11. The van der Waals surface area contributed by atoms with Crippen LogP contribution < -0.4 is 64.2 Å². The summed E-state index contributed by atoms with van der Waals surface area (Å²) in [6.07, 6.45) is 7.69. The first-order chi connectivity index (χ1) is 51.4. The van der Waals surface area contributed by atoms with Crippen molar-refractivity contribution in [3.63, 3.8) is 0 Å². The summed E-state index contributed by atoms with van der Waals surface area (Å²) in [5, 5.41) is 41.3. The molecule has 12 amide bonds. The fourth-order valence-electron chi connectivity index (χ4n) is 13.4. The van der Waals surface area contributed by atoms with Crippen LogP contribution in [0.1, 0.15) is 227 Å². The number of unbranched alkanes of at least 4 members (excludes halogenated alkanes) is 6. The second-order valence-electron chi connectivity index (χ2n) is 31.5. The molecule has 1 aromatic rings. The number of aliphatic hydroxyl groups excluding tert-OH is 1. The minimum atomic E-state index is -1.82. The van der Waals surface area contributed by atoms with Crippen LogP contribution in [0.5, 0.6) is 0 Å². The van der Waals surface area contributed by atoms with Gasteiger partial charge in [0.05, 0.1) is 12.1 Å². The number of allylic oxidation sites excluding steroid dienone is 1. The third-order valence-electron chi connectivity index (χ3n) is 20.7. The number of nitrogens with two attached hydrogens (primary N) is 1. The molecule has 29 nitrogen and oxygen atoms in total. The van der Waals surface area contributed by atoms with Crippen molar-refractivity contribution in [2.45, 2.75) is 313 Å². The SMILES string of the molecule is C/C=C1\NC(=O)[C@H](Cc2ccccc2)NC(=O)[C@@H](C(C)C)NC(=O)[C@@H]([C@H](C)CC)NC(=O)[C@H](NC(=O)[C@H](NC(=O)[C@H](CCCN)NC(=O)[C@H]2CCCN2C(=O)[C@H](NC(=O)[C@@H](NC(=O)[C@@H](NC(=O)[C@@H](C(C)C)N(CCCCCC)CCCCCC)[C@@H](C)O)C(C)C)C(C)C)[C@H](C)CC)[C@H](C)OC(=O)[C@H](C(C)C)NC1=O. The summed E-state index contributed by atoms with van der Waals surface area (Å²) >= 11 is 0. The lowest BCUT2D eigenvalue weighted by Gasteiger charge is -2.35. The fraction of sp³-hybridized carbons (Fsp3) is 0.738. The zero-order chi connectivity index (χ0) is 82.1.